The van der Waals surface area contributed by atoms with Gasteiger partial charge in [-0.1, -0.05) is 12.8 Å². The molecule has 0 aromatic rings. The molecule has 0 N–H and O–H groups in total. The Labute approximate surface area is 168 Å². The van der Waals surface area contributed by atoms with Gasteiger partial charge in [0.25, 0.3) is 0 Å². The molecule has 3 rings (SSSR count). The summed E-state index contributed by atoms with van der Waals surface area (Å²) < 4.78 is 8.75. The van der Waals surface area contributed by atoms with Gasteiger partial charge in [-0.2, -0.15) is 0 Å². The molecule has 1 saturated carbocycles. The van der Waals surface area contributed by atoms with E-state index in [1.807, 2.05) is 0 Å². The van der Waals surface area contributed by atoms with Gasteiger partial charge in [0.2, 0.25) is 0 Å². The lowest BCUT2D eigenvalue weighted by molar-refractivity contribution is -0.0498. The summed E-state index contributed by atoms with van der Waals surface area (Å²) >= 11 is 2.43. The average Bonchev–Trinajstić information content (AvgIpc) is 2.63. The third kappa shape index (κ3) is 5.98. The number of nitrogens with zero attached hydrogens (tertiary/aromatic N) is 3. The highest BCUT2D eigenvalue weighted by molar-refractivity contribution is 14.1. The van der Waals surface area contributed by atoms with Crippen molar-refractivity contribution in [2.24, 2.45) is 5.92 Å². The lowest BCUT2D eigenvalue weighted by Gasteiger charge is -2.37. The summed E-state index contributed by atoms with van der Waals surface area (Å²) in [5, 5.41) is 0. The van der Waals surface area contributed by atoms with E-state index in [0.29, 0.717) is 24.2 Å². The Balaban J connectivity index is 1.37. The molecule has 2 aliphatic heterocycles. The second-order valence-corrected chi connectivity index (χ2v) is 9.26. The van der Waals surface area contributed by atoms with Crippen LogP contribution in [-0.4, -0.2) is 70.4 Å². The molecule has 2 heterocycles. The van der Waals surface area contributed by atoms with E-state index in [1.54, 1.807) is 0 Å². The Kier molecular flexibility index (Phi) is 7.71. The van der Waals surface area contributed by atoms with E-state index < -0.39 is 0 Å². The molecule has 0 spiro atoms. The summed E-state index contributed by atoms with van der Waals surface area (Å²) in [6.07, 6.45) is 8.20. The van der Waals surface area contributed by atoms with Crippen molar-refractivity contribution in [1.82, 2.24) is 12.9 Å². The summed E-state index contributed by atoms with van der Waals surface area (Å²) in [4.78, 5) is 4.89. The maximum atomic E-state index is 6.37. The fraction of sp³-hybridized carbons (Fsp3) is 0.900. The van der Waals surface area contributed by atoms with Gasteiger partial charge in [0.05, 0.1) is 12.2 Å². The number of rotatable bonds is 3. The molecule has 142 valence electrons. The Morgan fingerprint density at radius 2 is 1.64 bits per heavy atom. The molecule has 0 amide bonds. The average molecular weight is 459 g/mol. The minimum absolute atomic E-state index is 0.483. The van der Waals surface area contributed by atoms with E-state index in [9.17, 15) is 0 Å². The SMILES string of the molecule is CCN1CCN(C#CC2CCC(OC3CCN(I)CC3)CC2)CC1C. The van der Waals surface area contributed by atoms with E-state index in [4.69, 9.17) is 4.74 Å². The molecule has 0 aromatic carbocycles. The van der Waals surface area contributed by atoms with Crippen molar-refractivity contribution in [3.63, 3.8) is 0 Å². The minimum Gasteiger partial charge on any atom is -0.375 e. The van der Waals surface area contributed by atoms with E-state index in [0.717, 1.165) is 26.2 Å². The highest BCUT2D eigenvalue weighted by Gasteiger charge is 2.26. The first-order valence-corrected chi connectivity index (χ1v) is 11.2. The fourth-order valence-electron chi connectivity index (χ4n) is 4.32. The summed E-state index contributed by atoms with van der Waals surface area (Å²) in [7, 11) is 0. The predicted octanol–water partition coefficient (Wildman–Crippen LogP) is 3.36. The zero-order valence-corrected chi connectivity index (χ0v) is 18.1. The Bertz CT molecular complexity index is 461. The van der Waals surface area contributed by atoms with Gasteiger partial charge in [0, 0.05) is 73.6 Å². The van der Waals surface area contributed by atoms with E-state index in [-0.39, 0.29) is 0 Å². The number of hydrogen-bond donors (Lipinski definition) is 0. The van der Waals surface area contributed by atoms with E-state index >= 15 is 0 Å². The quantitative estimate of drug-likeness (QED) is 0.366. The molecule has 0 aromatic heterocycles. The molecule has 3 aliphatic rings. The van der Waals surface area contributed by atoms with Crippen molar-refractivity contribution < 1.29 is 4.74 Å². The zero-order chi connectivity index (χ0) is 17.6. The molecule has 0 radical (unpaired) electrons. The van der Waals surface area contributed by atoms with Crippen molar-refractivity contribution >= 4 is 22.9 Å². The zero-order valence-electron chi connectivity index (χ0n) is 15.9. The second kappa shape index (κ2) is 9.77. The molecular formula is C20H34IN3O. The number of likely N-dealkylation sites (N-methyl/N-ethyl adjacent to an activating group) is 1. The maximum absolute atomic E-state index is 6.37. The molecule has 4 nitrogen and oxygen atoms in total. The first kappa shape index (κ1) is 19.7. The topological polar surface area (TPSA) is 19.0 Å². The number of piperidine rings is 1. The van der Waals surface area contributed by atoms with E-state index in [1.165, 1.54) is 51.6 Å². The van der Waals surface area contributed by atoms with Crippen molar-refractivity contribution in [3.8, 4) is 12.0 Å². The molecule has 0 bridgehead atoms. The van der Waals surface area contributed by atoms with E-state index in [2.05, 4.69) is 61.6 Å². The van der Waals surface area contributed by atoms with Crippen LogP contribution in [0, 0.1) is 17.9 Å². The Morgan fingerprint density at radius 3 is 2.28 bits per heavy atom. The van der Waals surface area contributed by atoms with Gasteiger partial charge < -0.3 is 9.64 Å². The third-order valence-electron chi connectivity index (χ3n) is 6.04. The van der Waals surface area contributed by atoms with Crippen LogP contribution in [-0.2, 0) is 4.74 Å². The van der Waals surface area contributed by atoms with Crippen LogP contribution >= 0.6 is 22.9 Å². The summed E-state index contributed by atoms with van der Waals surface area (Å²) in [6.45, 7) is 11.4. The monoisotopic (exact) mass is 459 g/mol. The van der Waals surface area contributed by atoms with Crippen LogP contribution in [0.5, 0.6) is 0 Å². The van der Waals surface area contributed by atoms with Crippen LogP contribution in [0.1, 0.15) is 52.4 Å². The first-order valence-electron chi connectivity index (χ1n) is 10.2. The predicted molar refractivity (Wildman–Crippen MR) is 112 cm³/mol. The molecule has 2 saturated heterocycles. The Hall–Kier alpha value is -0.0300. The lowest BCUT2D eigenvalue weighted by atomic mass is 9.87. The summed E-state index contributed by atoms with van der Waals surface area (Å²) in [6, 6.07) is 4.11. The van der Waals surface area contributed by atoms with Gasteiger partial charge in [-0.25, -0.2) is 3.11 Å². The minimum atomic E-state index is 0.483. The van der Waals surface area contributed by atoms with Crippen LogP contribution < -0.4 is 0 Å². The summed E-state index contributed by atoms with van der Waals surface area (Å²) in [5.74, 6) is 4.15. The van der Waals surface area contributed by atoms with Gasteiger partial charge in [-0.3, -0.25) is 4.90 Å². The molecule has 25 heavy (non-hydrogen) atoms. The standard InChI is InChI=1S/C20H34IN3O/c1-3-23-15-14-22(16-17(23)2)11-8-18-4-6-19(7-5-18)25-20-9-12-24(21)13-10-20/h17-20H,3-7,9-10,12-16H2,1-2H3. The van der Waals surface area contributed by atoms with Crippen LogP contribution in [0.4, 0.5) is 0 Å². The normalized spacial score (nSPS) is 33.1. The van der Waals surface area contributed by atoms with Crippen molar-refractivity contribution in [2.75, 3.05) is 39.3 Å². The van der Waals surface area contributed by atoms with Gasteiger partial charge in [0.15, 0.2) is 0 Å². The molecular weight excluding hydrogens is 425 g/mol. The number of ether oxygens (including phenoxy) is 1. The first-order chi connectivity index (χ1) is 12.1. The van der Waals surface area contributed by atoms with Gasteiger partial charge in [0.1, 0.15) is 0 Å². The highest BCUT2D eigenvalue weighted by Crippen LogP contribution is 2.28. The molecule has 3 fully saturated rings. The maximum Gasteiger partial charge on any atom is 0.0603 e. The van der Waals surface area contributed by atoms with Crippen LogP contribution in [0.25, 0.3) is 0 Å². The van der Waals surface area contributed by atoms with Crippen molar-refractivity contribution in [2.45, 2.75) is 70.6 Å². The fourth-order valence-corrected chi connectivity index (χ4v) is 4.88. The molecule has 1 unspecified atom stereocenters. The number of hydrogen-bond acceptors (Lipinski definition) is 4. The largest absolute Gasteiger partial charge is 0.375 e. The molecule has 1 aliphatic carbocycles. The van der Waals surface area contributed by atoms with Crippen LogP contribution in [0.2, 0.25) is 0 Å². The van der Waals surface area contributed by atoms with Gasteiger partial charge in [-0.15, -0.1) is 0 Å². The van der Waals surface area contributed by atoms with Gasteiger partial charge >= 0.3 is 0 Å². The van der Waals surface area contributed by atoms with Crippen molar-refractivity contribution in [3.05, 3.63) is 0 Å². The Morgan fingerprint density at radius 1 is 0.960 bits per heavy atom. The van der Waals surface area contributed by atoms with Crippen molar-refractivity contribution in [1.29, 1.82) is 0 Å². The smallest absolute Gasteiger partial charge is 0.0603 e. The highest BCUT2D eigenvalue weighted by atomic mass is 127. The molecule has 5 heteroatoms. The van der Waals surface area contributed by atoms with Gasteiger partial charge in [-0.05, 0) is 52.0 Å². The lowest BCUT2D eigenvalue weighted by Crippen LogP contribution is -2.49. The molecule has 1 atom stereocenters. The third-order valence-corrected chi connectivity index (χ3v) is 7.01. The second-order valence-electron chi connectivity index (χ2n) is 7.90. The number of piperazine rings is 1. The van der Waals surface area contributed by atoms with Crippen LogP contribution in [0.15, 0.2) is 0 Å². The number of halogens is 1. The summed E-state index contributed by atoms with van der Waals surface area (Å²) in [5.41, 5.74) is 0. The van der Waals surface area contributed by atoms with Crippen LogP contribution in [0.3, 0.4) is 0 Å².